The smallest absolute Gasteiger partial charge is 0.128 e. The van der Waals surface area contributed by atoms with Crippen molar-refractivity contribution in [3.8, 4) is 0 Å². The van der Waals surface area contributed by atoms with E-state index in [2.05, 4.69) is 31.9 Å². The van der Waals surface area contributed by atoms with E-state index in [9.17, 15) is 4.39 Å². The van der Waals surface area contributed by atoms with E-state index in [1.165, 1.54) is 6.07 Å². The molecule has 1 unspecified atom stereocenters. The van der Waals surface area contributed by atoms with E-state index in [1.807, 2.05) is 24.3 Å². The summed E-state index contributed by atoms with van der Waals surface area (Å²) in [5.41, 5.74) is 1.62. The molecule has 0 nitrogen and oxygen atoms in total. The normalized spacial score (nSPS) is 12.5. The van der Waals surface area contributed by atoms with Gasteiger partial charge in [0, 0.05) is 19.9 Å². The summed E-state index contributed by atoms with van der Waals surface area (Å²) in [5.74, 6) is -0.285. The summed E-state index contributed by atoms with van der Waals surface area (Å²) in [4.78, 5) is -0.140. The summed E-state index contributed by atoms with van der Waals surface area (Å²) in [7, 11) is 0. The molecule has 5 heteroatoms. The first-order valence-corrected chi connectivity index (χ1v) is 7.97. The third-order valence-corrected chi connectivity index (χ3v) is 4.97. The highest BCUT2D eigenvalue weighted by atomic mass is 79.9. The largest absolute Gasteiger partial charge is 0.207 e. The van der Waals surface area contributed by atoms with E-state index in [0.717, 1.165) is 5.56 Å². The first-order chi connectivity index (χ1) is 8.97. The van der Waals surface area contributed by atoms with Crippen LogP contribution in [0.4, 0.5) is 4.39 Å². The molecule has 0 saturated carbocycles. The Balaban J connectivity index is 2.22. The maximum Gasteiger partial charge on any atom is 0.128 e. The van der Waals surface area contributed by atoms with Crippen LogP contribution in [0.15, 0.2) is 40.9 Å². The standard InChI is InChI=1S/C14H9Br2Cl2F/c15-11(5-8-1-3-9(17)4-2-8)10-6-13(18)12(16)7-14(10)19/h1-4,6-7,11H,5H2. The summed E-state index contributed by atoms with van der Waals surface area (Å²) in [6.07, 6.45) is 0.659. The molecule has 0 aliphatic carbocycles. The van der Waals surface area contributed by atoms with Gasteiger partial charge in [-0.15, -0.1) is 0 Å². The highest BCUT2D eigenvalue weighted by Gasteiger charge is 2.15. The monoisotopic (exact) mass is 424 g/mol. The van der Waals surface area contributed by atoms with Crippen molar-refractivity contribution in [2.24, 2.45) is 0 Å². The minimum absolute atomic E-state index is 0.140. The lowest BCUT2D eigenvalue weighted by Crippen LogP contribution is -1.99. The lowest BCUT2D eigenvalue weighted by Gasteiger charge is -2.12. The molecule has 0 fully saturated rings. The molecule has 0 amide bonds. The summed E-state index contributed by atoms with van der Waals surface area (Å²) in [6.45, 7) is 0. The Labute approximate surface area is 138 Å². The van der Waals surface area contributed by atoms with Gasteiger partial charge in [-0.05, 0) is 52.2 Å². The molecule has 100 valence electrons. The Morgan fingerprint density at radius 1 is 1.11 bits per heavy atom. The molecule has 0 radical (unpaired) electrons. The minimum atomic E-state index is -0.285. The average molecular weight is 427 g/mol. The zero-order chi connectivity index (χ0) is 14.0. The van der Waals surface area contributed by atoms with Crippen LogP contribution in [0, 0.1) is 5.82 Å². The molecule has 1 atom stereocenters. The Kier molecular flexibility index (Phi) is 5.29. The summed E-state index contributed by atoms with van der Waals surface area (Å²) in [6, 6.07) is 10.5. The molecule has 0 N–H and O–H groups in total. The van der Waals surface area contributed by atoms with Crippen LogP contribution in [0.25, 0.3) is 0 Å². The zero-order valence-corrected chi connectivity index (χ0v) is 14.3. The van der Waals surface area contributed by atoms with E-state index >= 15 is 0 Å². The second kappa shape index (κ2) is 6.57. The fourth-order valence-corrected chi connectivity index (χ4v) is 3.05. The van der Waals surface area contributed by atoms with Gasteiger partial charge in [-0.25, -0.2) is 4.39 Å². The molecule has 0 saturated heterocycles. The fraction of sp³-hybridized carbons (Fsp3) is 0.143. The van der Waals surface area contributed by atoms with Crippen molar-refractivity contribution < 1.29 is 4.39 Å². The molecule has 0 bridgehead atoms. The van der Waals surface area contributed by atoms with Crippen molar-refractivity contribution >= 4 is 55.1 Å². The molecule has 0 spiro atoms. The van der Waals surface area contributed by atoms with Gasteiger partial charge >= 0.3 is 0 Å². The first kappa shape index (κ1) is 15.3. The van der Waals surface area contributed by atoms with Gasteiger partial charge in [-0.1, -0.05) is 51.3 Å². The van der Waals surface area contributed by atoms with Crippen LogP contribution >= 0.6 is 55.1 Å². The van der Waals surface area contributed by atoms with Gasteiger partial charge < -0.3 is 0 Å². The zero-order valence-electron chi connectivity index (χ0n) is 9.64. The van der Waals surface area contributed by atoms with Gasteiger partial charge in [0.15, 0.2) is 0 Å². The molecular formula is C14H9Br2Cl2F. The van der Waals surface area contributed by atoms with E-state index < -0.39 is 0 Å². The molecule has 0 aliphatic heterocycles. The fourth-order valence-electron chi connectivity index (χ4n) is 1.72. The van der Waals surface area contributed by atoms with Gasteiger partial charge in [0.25, 0.3) is 0 Å². The number of halogens is 5. The Hall–Kier alpha value is -0.0900. The highest BCUT2D eigenvalue weighted by molar-refractivity contribution is 9.10. The van der Waals surface area contributed by atoms with Crippen LogP contribution in [-0.4, -0.2) is 0 Å². The van der Waals surface area contributed by atoms with Gasteiger partial charge in [0.1, 0.15) is 5.82 Å². The first-order valence-electron chi connectivity index (χ1n) is 5.50. The quantitative estimate of drug-likeness (QED) is 0.384. The molecule has 0 heterocycles. The van der Waals surface area contributed by atoms with Crippen LogP contribution in [0.5, 0.6) is 0 Å². The van der Waals surface area contributed by atoms with Crippen LogP contribution in [0.1, 0.15) is 16.0 Å². The molecule has 19 heavy (non-hydrogen) atoms. The molecule has 2 rings (SSSR count). The number of alkyl halides is 1. The molecule has 0 aliphatic rings. The predicted molar refractivity (Wildman–Crippen MR) is 85.9 cm³/mol. The van der Waals surface area contributed by atoms with Gasteiger partial charge in [-0.2, -0.15) is 0 Å². The van der Waals surface area contributed by atoms with E-state index in [4.69, 9.17) is 23.2 Å². The average Bonchev–Trinajstić information content (AvgIpc) is 2.36. The Morgan fingerprint density at radius 3 is 2.37 bits per heavy atom. The van der Waals surface area contributed by atoms with Crippen molar-refractivity contribution in [1.82, 2.24) is 0 Å². The van der Waals surface area contributed by atoms with Crippen molar-refractivity contribution in [2.75, 3.05) is 0 Å². The van der Waals surface area contributed by atoms with Crippen LogP contribution < -0.4 is 0 Å². The summed E-state index contributed by atoms with van der Waals surface area (Å²) >= 11 is 18.5. The number of hydrogen-bond acceptors (Lipinski definition) is 0. The molecule has 2 aromatic carbocycles. The van der Waals surface area contributed by atoms with Crippen molar-refractivity contribution in [3.05, 3.63) is 67.9 Å². The Morgan fingerprint density at radius 2 is 1.74 bits per heavy atom. The van der Waals surface area contributed by atoms with E-state index in [0.29, 0.717) is 26.5 Å². The lowest BCUT2D eigenvalue weighted by molar-refractivity contribution is 0.607. The highest BCUT2D eigenvalue weighted by Crippen LogP contribution is 2.34. The topological polar surface area (TPSA) is 0 Å². The van der Waals surface area contributed by atoms with Gasteiger partial charge in [0.2, 0.25) is 0 Å². The maximum absolute atomic E-state index is 13.9. The minimum Gasteiger partial charge on any atom is -0.207 e. The van der Waals surface area contributed by atoms with Crippen LogP contribution in [-0.2, 0) is 6.42 Å². The van der Waals surface area contributed by atoms with Crippen LogP contribution in [0.2, 0.25) is 10.0 Å². The second-order valence-electron chi connectivity index (χ2n) is 4.09. The number of rotatable bonds is 3. The third-order valence-electron chi connectivity index (χ3n) is 2.71. The number of benzene rings is 2. The second-order valence-corrected chi connectivity index (χ2v) is 6.89. The third kappa shape index (κ3) is 3.94. The maximum atomic E-state index is 13.9. The van der Waals surface area contributed by atoms with Crippen molar-refractivity contribution in [2.45, 2.75) is 11.2 Å². The number of hydrogen-bond donors (Lipinski definition) is 0. The molecule has 0 aromatic heterocycles. The summed E-state index contributed by atoms with van der Waals surface area (Å²) < 4.78 is 14.5. The molecule has 2 aromatic rings. The molecular weight excluding hydrogens is 418 g/mol. The summed E-state index contributed by atoms with van der Waals surface area (Å²) in [5, 5.41) is 1.18. The van der Waals surface area contributed by atoms with E-state index in [1.54, 1.807) is 6.07 Å². The van der Waals surface area contributed by atoms with Gasteiger partial charge in [-0.3, -0.25) is 0 Å². The lowest BCUT2D eigenvalue weighted by atomic mass is 10.0. The van der Waals surface area contributed by atoms with Crippen LogP contribution in [0.3, 0.4) is 0 Å². The van der Waals surface area contributed by atoms with Crippen molar-refractivity contribution in [3.63, 3.8) is 0 Å². The Bertz CT molecular complexity index is 585. The SMILES string of the molecule is Fc1cc(Br)c(Cl)cc1C(Br)Cc1ccc(Cl)cc1. The predicted octanol–water partition coefficient (Wildman–Crippen LogP) is 6.57. The van der Waals surface area contributed by atoms with Crippen molar-refractivity contribution in [1.29, 1.82) is 0 Å². The van der Waals surface area contributed by atoms with E-state index in [-0.39, 0.29) is 10.6 Å². The van der Waals surface area contributed by atoms with Gasteiger partial charge in [0.05, 0.1) is 5.02 Å².